The lowest BCUT2D eigenvalue weighted by Crippen LogP contribution is -2.29. The molecular formula is C45H82NO9P. The van der Waals surface area contributed by atoms with Crippen molar-refractivity contribution in [2.24, 2.45) is 5.73 Å². The van der Waals surface area contributed by atoms with Crippen LogP contribution in [-0.4, -0.2) is 60.5 Å². The summed E-state index contributed by atoms with van der Waals surface area (Å²) < 4.78 is 32.7. The summed E-state index contributed by atoms with van der Waals surface area (Å²) in [6, 6.07) is 0. The Kier molecular flexibility index (Phi) is 39.6. The summed E-state index contributed by atoms with van der Waals surface area (Å²) in [5.41, 5.74) is 5.34. The number of hydrogen-bond acceptors (Lipinski definition) is 9. The van der Waals surface area contributed by atoms with Gasteiger partial charge in [0.15, 0.2) is 6.10 Å². The minimum atomic E-state index is -4.40. The number of ether oxygens (including phenoxy) is 2. The molecule has 0 heterocycles. The topological polar surface area (TPSA) is 155 Å². The van der Waals surface area contributed by atoms with E-state index in [-0.39, 0.29) is 32.6 Å². The molecule has 0 aliphatic heterocycles. The van der Waals surface area contributed by atoms with Crippen molar-refractivity contribution in [1.29, 1.82) is 0 Å². The Morgan fingerprint density at radius 2 is 1.20 bits per heavy atom. The zero-order valence-corrected chi connectivity index (χ0v) is 36.4. The van der Waals surface area contributed by atoms with E-state index in [1.807, 2.05) is 18.2 Å². The van der Waals surface area contributed by atoms with Gasteiger partial charge in [-0.05, 0) is 57.8 Å². The van der Waals surface area contributed by atoms with Gasteiger partial charge in [0.25, 0.3) is 0 Å². The Morgan fingerprint density at radius 3 is 1.79 bits per heavy atom. The minimum Gasteiger partial charge on any atom is -0.462 e. The number of carbonyl (C=O) groups excluding carboxylic acids is 2. The van der Waals surface area contributed by atoms with Crippen LogP contribution in [0.3, 0.4) is 0 Å². The van der Waals surface area contributed by atoms with Crippen LogP contribution in [0.2, 0.25) is 0 Å². The highest BCUT2D eigenvalue weighted by atomic mass is 31.2. The first-order valence-corrected chi connectivity index (χ1v) is 23.7. The molecule has 0 radical (unpaired) electrons. The van der Waals surface area contributed by atoms with Crippen molar-refractivity contribution in [3.63, 3.8) is 0 Å². The predicted molar refractivity (Wildman–Crippen MR) is 230 cm³/mol. The molecule has 4 N–H and O–H groups in total. The first kappa shape index (κ1) is 53.9. The van der Waals surface area contributed by atoms with Gasteiger partial charge < -0.3 is 25.2 Å². The third kappa shape index (κ3) is 40.1. The average molecular weight is 812 g/mol. The van der Waals surface area contributed by atoms with E-state index < -0.39 is 38.6 Å². The van der Waals surface area contributed by atoms with Crippen molar-refractivity contribution in [2.75, 3.05) is 26.4 Å². The van der Waals surface area contributed by atoms with E-state index in [1.165, 1.54) is 83.5 Å². The molecule has 10 nitrogen and oxygen atoms in total. The summed E-state index contributed by atoms with van der Waals surface area (Å²) in [7, 11) is -4.40. The number of unbranched alkanes of at least 4 members (excludes halogenated alkanes) is 19. The van der Waals surface area contributed by atoms with Crippen LogP contribution in [0.25, 0.3) is 0 Å². The Bertz CT molecular complexity index is 1080. The van der Waals surface area contributed by atoms with Crippen molar-refractivity contribution >= 4 is 19.8 Å². The molecule has 0 saturated heterocycles. The van der Waals surface area contributed by atoms with Gasteiger partial charge in [0, 0.05) is 19.4 Å². The summed E-state index contributed by atoms with van der Waals surface area (Å²) in [5, 5.41) is 10.1. The lowest BCUT2D eigenvalue weighted by atomic mass is 10.1. The molecule has 0 aromatic rings. The standard InChI is InChI=1S/C45H82NO9P/c1-3-5-7-9-11-12-13-14-15-16-17-18-19-20-21-22-24-28-32-36-44(48)52-40-43(41-54-56(50,51)53-39-38-46)55-45(49)37-33-29-25-27-31-35-42(47)34-30-26-23-10-8-6-4-2/h6,8,14-15,23,26,30,34,42-43,47H,3-5,7,9-13,16-22,24-25,27-29,31-33,35-41,46H2,1-2H3,(H,50,51)/b8-6+,15-14-,26-23+,34-30+/t42?,43-/m1/s1. The number of aliphatic hydroxyl groups excluding tert-OH is 1. The molecule has 326 valence electrons. The lowest BCUT2D eigenvalue weighted by molar-refractivity contribution is -0.161. The zero-order valence-electron chi connectivity index (χ0n) is 35.5. The second-order valence-electron chi connectivity index (χ2n) is 14.7. The van der Waals surface area contributed by atoms with Crippen LogP contribution in [0.15, 0.2) is 48.6 Å². The highest BCUT2D eigenvalue weighted by Gasteiger charge is 2.26. The van der Waals surface area contributed by atoms with Gasteiger partial charge in [0.2, 0.25) is 0 Å². The first-order chi connectivity index (χ1) is 27.2. The maximum atomic E-state index is 12.6. The fourth-order valence-electron chi connectivity index (χ4n) is 5.99. The molecule has 0 aromatic carbocycles. The summed E-state index contributed by atoms with van der Waals surface area (Å²) in [6.07, 6.45) is 43.0. The van der Waals surface area contributed by atoms with Crippen LogP contribution in [0, 0.1) is 0 Å². The van der Waals surface area contributed by atoms with Crippen LogP contribution in [-0.2, 0) is 32.7 Å². The smallest absolute Gasteiger partial charge is 0.462 e. The Balaban J connectivity index is 4.20. The molecule has 56 heavy (non-hydrogen) atoms. The van der Waals surface area contributed by atoms with Crippen molar-refractivity contribution in [2.45, 2.75) is 199 Å². The molecule has 0 amide bonds. The Labute approximate surface area is 341 Å². The van der Waals surface area contributed by atoms with Crippen LogP contribution < -0.4 is 5.73 Å². The fraction of sp³-hybridized carbons (Fsp3) is 0.778. The van der Waals surface area contributed by atoms with E-state index in [4.69, 9.17) is 24.3 Å². The maximum Gasteiger partial charge on any atom is 0.472 e. The number of carbonyl (C=O) groups is 2. The van der Waals surface area contributed by atoms with Crippen LogP contribution in [0.4, 0.5) is 0 Å². The highest BCUT2D eigenvalue weighted by Crippen LogP contribution is 2.43. The maximum absolute atomic E-state index is 12.6. The van der Waals surface area contributed by atoms with E-state index in [0.717, 1.165) is 57.8 Å². The molecule has 0 rings (SSSR count). The molecule has 0 saturated carbocycles. The van der Waals surface area contributed by atoms with Crippen molar-refractivity contribution in [3.05, 3.63) is 48.6 Å². The molecule has 0 bridgehead atoms. The molecule has 3 atom stereocenters. The summed E-state index contributed by atoms with van der Waals surface area (Å²) in [6.45, 7) is 3.48. The van der Waals surface area contributed by atoms with Gasteiger partial charge in [-0.1, -0.05) is 165 Å². The summed E-state index contributed by atoms with van der Waals surface area (Å²) in [4.78, 5) is 34.9. The molecule has 0 spiro atoms. The Hall–Kier alpha value is -2.07. The average Bonchev–Trinajstić information content (AvgIpc) is 3.18. The minimum absolute atomic E-state index is 0.0358. The summed E-state index contributed by atoms with van der Waals surface area (Å²) >= 11 is 0. The van der Waals surface area contributed by atoms with Gasteiger partial charge in [-0.25, -0.2) is 4.57 Å². The van der Waals surface area contributed by atoms with Crippen molar-refractivity contribution < 1.29 is 42.7 Å². The Morgan fingerprint density at radius 1 is 0.643 bits per heavy atom. The van der Waals surface area contributed by atoms with E-state index in [1.54, 1.807) is 6.08 Å². The number of allylic oxidation sites excluding steroid dienone is 7. The number of nitrogens with two attached hydrogens (primary N) is 1. The number of rotatable bonds is 41. The van der Waals surface area contributed by atoms with Gasteiger partial charge in [0.1, 0.15) is 6.61 Å². The van der Waals surface area contributed by atoms with Crippen LogP contribution in [0.1, 0.15) is 187 Å². The molecule has 11 heteroatoms. The lowest BCUT2D eigenvalue weighted by Gasteiger charge is -2.19. The predicted octanol–water partition coefficient (Wildman–Crippen LogP) is 11.7. The molecule has 0 fully saturated rings. The van der Waals surface area contributed by atoms with E-state index in [2.05, 4.69) is 38.2 Å². The molecule has 0 aliphatic carbocycles. The van der Waals surface area contributed by atoms with Crippen molar-refractivity contribution in [1.82, 2.24) is 0 Å². The third-order valence-electron chi connectivity index (χ3n) is 9.30. The van der Waals surface area contributed by atoms with Crippen molar-refractivity contribution in [3.8, 4) is 0 Å². The number of hydrogen-bond donors (Lipinski definition) is 3. The molecular weight excluding hydrogens is 729 g/mol. The number of phosphoric acid groups is 1. The van der Waals surface area contributed by atoms with E-state index in [0.29, 0.717) is 19.3 Å². The van der Waals surface area contributed by atoms with Gasteiger partial charge in [-0.2, -0.15) is 0 Å². The van der Waals surface area contributed by atoms with Gasteiger partial charge in [0.05, 0.1) is 19.3 Å². The van der Waals surface area contributed by atoms with Gasteiger partial charge in [-0.15, -0.1) is 0 Å². The number of esters is 2. The van der Waals surface area contributed by atoms with Crippen LogP contribution in [0.5, 0.6) is 0 Å². The zero-order chi connectivity index (χ0) is 41.2. The second kappa shape index (κ2) is 41.1. The monoisotopic (exact) mass is 812 g/mol. The van der Waals surface area contributed by atoms with Gasteiger partial charge >= 0.3 is 19.8 Å². The van der Waals surface area contributed by atoms with Gasteiger partial charge in [-0.3, -0.25) is 18.6 Å². The fourth-order valence-corrected chi connectivity index (χ4v) is 6.75. The number of phosphoric ester groups is 1. The van der Waals surface area contributed by atoms with E-state index >= 15 is 0 Å². The van der Waals surface area contributed by atoms with Crippen LogP contribution >= 0.6 is 7.82 Å². The van der Waals surface area contributed by atoms with E-state index in [9.17, 15) is 24.2 Å². The largest absolute Gasteiger partial charge is 0.472 e. The number of aliphatic hydroxyl groups is 1. The highest BCUT2D eigenvalue weighted by molar-refractivity contribution is 7.47. The third-order valence-corrected chi connectivity index (χ3v) is 10.3. The molecule has 2 unspecified atom stereocenters. The normalized spacial score (nSPS) is 14.3. The quantitative estimate of drug-likeness (QED) is 0.0179. The molecule has 0 aliphatic rings. The SMILES string of the molecule is CC/C=C/C/C=C/C=C/C(O)CCCCCCCC(=O)O[C@H](COC(=O)CCCCCCCCCCC/C=C\CCCCCCCC)COP(=O)(O)OCCN. The first-order valence-electron chi connectivity index (χ1n) is 22.2. The second-order valence-corrected chi connectivity index (χ2v) is 16.2. The molecule has 0 aromatic heterocycles. The summed E-state index contributed by atoms with van der Waals surface area (Å²) in [5.74, 6) is -0.907.